The first-order chi connectivity index (χ1) is 11.2. The van der Waals surface area contributed by atoms with Crippen molar-refractivity contribution in [3.8, 4) is 0 Å². The van der Waals surface area contributed by atoms with Crippen molar-refractivity contribution in [1.82, 2.24) is 19.9 Å². The van der Waals surface area contributed by atoms with E-state index in [-0.39, 0.29) is 11.6 Å². The number of nitrogens with one attached hydrogen (secondary N) is 1. The van der Waals surface area contributed by atoms with Crippen LogP contribution in [0.5, 0.6) is 0 Å². The summed E-state index contributed by atoms with van der Waals surface area (Å²) >= 11 is 0. The third-order valence-corrected chi connectivity index (χ3v) is 4.24. The molecule has 6 heteroatoms. The Morgan fingerprint density at radius 1 is 1.22 bits per heavy atom. The Hall–Kier alpha value is -2.76. The number of rotatable bonds is 2. The molecule has 0 saturated carbocycles. The Bertz CT molecular complexity index is 920. The second kappa shape index (κ2) is 5.46. The Morgan fingerprint density at radius 2 is 2.09 bits per heavy atom. The summed E-state index contributed by atoms with van der Waals surface area (Å²) in [6.45, 7) is 2.82. The van der Waals surface area contributed by atoms with Crippen molar-refractivity contribution in [3.63, 3.8) is 0 Å². The smallest absolute Gasteiger partial charge is 0.258 e. The maximum Gasteiger partial charge on any atom is 0.258 e. The lowest BCUT2D eigenvalue weighted by molar-refractivity contribution is 0.659. The van der Waals surface area contributed by atoms with Gasteiger partial charge in [0.25, 0.3) is 5.56 Å². The molecule has 1 fully saturated rings. The minimum Gasteiger partial charge on any atom is -0.345 e. The van der Waals surface area contributed by atoms with Crippen molar-refractivity contribution in [3.05, 3.63) is 58.5 Å². The van der Waals surface area contributed by atoms with Crippen LogP contribution in [0, 0.1) is 6.92 Å². The number of anilines is 1. The van der Waals surface area contributed by atoms with Gasteiger partial charge in [-0.05, 0) is 31.9 Å². The lowest BCUT2D eigenvalue weighted by atomic mass is 10.2. The fourth-order valence-electron chi connectivity index (χ4n) is 3.18. The molecule has 4 rings (SSSR count). The van der Waals surface area contributed by atoms with Crippen LogP contribution in [-0.4, -0.2) is 26.5 Å². The van der Waals surface area contributed by atoms with Gasteiger partial charge in [-0.2, -0.15) is 0 Å². The first-order valence-corrected chi connectivity index (χ1v) is 7.76. The molecule has 1 saturated heterocycles. The molecule has 1 aliphatic heterocycles. The normalized spacial score (nSPS) is 17.8. The average Bonchev–Trinajstić information content (AvgIpc) is 3.04. The van der Waals surface area contributed by atoms with E-state index in [1.54, 1.807) is 18.5 Å². The molecule has 1 aromatic carbocycles. The van der Waals surface area contributed by atoms with E-state index in [4.69, 9.17) is 0 Å². The number of H-pyrrole nitrogens is 1. The predicted molar refractivity (Wildman–Crippen MR) is 88.5 cm³/mol. The largest absolute Gasteiger partial charge is 0.345 e. The van der Waals surface area contributed by atoms with Crippen LogP contribution in [0.4, 0.5) is 5.82 Å². The molecular weight excluding hydrogens is 290 g/mol. The molecule has 2 aromatic heterocycles. The molecule has 0 radical (unpaired) electrons. The molecule has 0 spiro atoms. The lowest BCUT2D eigenvalue weighted by Gasteiger charge is -2.24. The zero-order valence-corrected chi connectivity index (χ0v) is 12.9. The number of aryl methyl sites for hydroxylation is 1. The third kappa shape index (κ3) is 2.46. The van der Waals surface area contributed by atoms with Crippen LogP contribution in [0.25, 0.3) is 10.9 Å². The van der Waals surface area contributed by atoms with E-state index in [9.17, 15) is 4.79 Å². The Labute approximate surface area is 133 Å². The summed E-state index contributed by atoms with van der Waals surface area (Å²) in [5.74, 6) is 1.54. The number of para-hydroxylation sites is 1. The summed E-state index contributed by atoms with van der Waals surface area (Å²) in [5.41, 5.74) is 1.52. The highest BCUT2D eigenvalue weighted by atomic mass is 16.1. The molecule has 23 heavy (non-hydrogen) atoms. The van der Waals surface area contributed by atoms with Crippen LogP contribution in [0.15, 0.2) is 41.5 Å². The monoisotopic (exact) mass is 307 g/mol. The fraction of sp³-hybridized carbons (Fsp3) is 0.294. The van der Waals surface area contributed by atoms with Crippen LogP contribution < -0.4 is 10.5 Å². The van der Waals surface area contributed by atoms with E-state index in [0.717, 1.165) is 36.4 Å². The number of nitrogens with zero attached hydrogens (tertiary/aromatic N) is 4. The summed E-state index contributed by atoms with van der Waals surface area (Å²) < 4.78 is 0. The van der Waals surface area contributed by atoms with Crippen LogP contribution in [0.1, 0.15) is 30.4 Å². The number of hydrogen-bond donors (Lipinski definition) is 1. The van der Waals surface area contributed by atoms with Crippen molar-refractivity contribution < 1.29 is 0 Å². The number of aromatic amines is 1. The zero-order valence-electron chi connectivity index (χ0n) is 12.9. The second-order valence-electron chi connectivity index (χ2n) is 5.84. The highest BCUT2D eigenvalue weighted by Gasteiger charge is 2.29. The highest BCUT2D eigenvalue weighted by molar-refractivity contribution is 5.77. The van der Waals surface area contributed by atoms with Crippen LogP contribution in [0.2, 0.25) is 0 Å². The maximum atomic E-state index is 12.3. The number of fused-ring (bicyclic) bond motifs is 1. The van der Waals surface area contributed by atoms with Gasteiger partial charge in [0.05, 0.1) is 28.8 Å². The molecule has 0 bridgehead atoms. The maximum absolute atomic E-state index is 12.3. The quantitative estimate of drug-likeness (QED) is 0.786. The minimum atomic E-state index is -0.0900. The van der Waals surface area contributed by atoms with Gasteiger partial charge in [-0.1, -0.05) is 12.1 Å². The number of benzene rings is 1. The summed E-state index contributed by atoms with van der Waals surface area (Å²) in [5, 5.41) is 0.621. The van der Waals surface area contributed by atoms with Crippen molar-refractivity contribution in [2.75, 3.05) is 11.4 Å². The van der Waals surface area contributed by atoms with Crippen molar-refractivity contribution in [2.45, 2.75) is 25.8 Å². The van der Waals surface area contributed by atoms with Crippen molar-refractivity contribution >= 4 is 16.7 Å². The zero-order chi connectivity index (χ0) is 15.8. The van der Waals surface area contributed by atoms with Gasteiger partial charge in [0.1, 0.15) is 11.6 Å². The summed E-state index contributed by atoms with van der Waals surface area (Å²) in [6, 6.07) is 7.45. The summed E-state index contributed by atoms with van der Waals surface area (Å²) in [6.07, 6.45) is 5.49. The first kappa shape index (κ1) is 13.9. The topological polar surface area (TPSA) is 74.8 Å². The summed E-state index contributed by atoms with van der Waals surface area (Å²) in [4.78, 5) is 30.9. The van der Waals surface area contributed by atoms with Gasteiger partial charge in [-0.25, -0.2) is 9.97 Å². The van der Waals surface area contributed by atoms with Crippen LogP contribution in [-0.2, 0) is 0 Å². The fourth-order valence-corrected chi connectivity index (χ4v) is 3.18. The number of hydrogen-bond acceptors (Lipinski definition) is 5. The van der Waals surface area contributed by atoms with E-state index < -0.39 is 0 Å². The van der Waals surface area contributed by atoms with Gasteiger partial charge in [0.15, 0.2) is 0 Å². The average molecular weight is 307 g/mol. The van der Waals surface area contributed by atoms with E-state index >= 15 is 0 Å². The molecule has 3 heterocycles. The molecule has 0 amide bonds. The van der Waals surface area contributed by atoms with Crippen molar-refractivity contribution in [2.24, 2.45) is 0 Å². The highest BCUT2D eigenvalue weighted by Crippen LogP contribution is 2.33. The lowest BCUT2D eigenvalue weighted by Crippen LogP contribution is -2.27. The molecule has 1 N–H and O–H groups in total. The molecule has 1 unspecified atom stereocenters. The molecule has 116 valence electrons. The Morgan fingerprint density at radius 3 is 2.96 bits per heavy atom. The van der Waals surface area contributed by atoms with Crippen LogP contribution in [0.3, 0.4) is 0 Å². The Balaban J connectivity index is 1.78. The molecule has 3 aromatic rings. The molecule has 6 nitrogen and oxygen atoms in total. The van der Waals surface area contributed by atoms with E-state index in [1.165, 1.54) is 0 Å². The third-order valence-electron chi connectivity index (χ3n) is 4.24. The van der Waals surface area contributed by atoms with Gasteiger partial charge in [0.2, 0.25) is 0 Å². The van der Waals surface area contributed by atoms with Gasteiger partial charge in [-0.15, -0.1) is 0 Å². The second-order valence-corrected chi connectivity index (χ2v) is 5.84. The SMILES string of the molecule is Cc1cncc(N2CCCC2c2nc3ccccc3c(=O)[nH]2)n1. The van der Waals surface area contributed by atoms with Gasteiger partial charge < -0.3 is 9.88 Å². The number of aromatic nitrogens is 4. The molecule has 1 atom stereocenters. The predicted octanol–water partition coefficient (Wildman–Crippen LogP) is 2.36. The molecular formula is C17H17N5O. The molecule has 0 aliphatic carbocycles. The first-order valence-electron chi connectivity index (χ1n) is 7.76. The standard InChI is InChI=1S/C17H17N5O/c1-11-9-18-10-15(19-11)22-8-4-7-14(22)16-20-13-6-3-2-5-12(13)17(23)21-16/h2-3,5-6,9-10,14H,4,7-8H2,1H3,(H,20,21,23). The Kier molecular flexibility index (Phi) is 3.29. The van der Waals surface area contributed by atoms with Gasteiger partial charge in [-0.3, -0.25) is 9.78 Å². The minimum absolute atomic E-state index is 0.0309. The van der Waals surface area contributed by atoms with E-state index in [1.807, 2.05) is 25.1 Å². The van der Waals surface area contributed by atoms with Crippen LogP contribution >= 0.6 is 0 Å². The van der Waals surface area contributed by atoms with Crippen molar-refractivity contribution in [1.29, 1.82) is 0 Å². The van der Waals surface area contributed by atoms with Gasteiger partial charge >= 0.3 is 0 Å². The van der Waals surface area contributed by atoms with E-state index in [2.05, 4.69) is 24.8 Å². The summed E-state index contributed by atoms with van der Waals surface area (Å²) in [7, 11) is 0. The molecule has 1 aliphatic rings. The van der Waals surface area contributed by atoms with E-state index in [0.29, 0.717) is 11.2 Å². The van der Waals surface area contributed by atoms with Gasteiger partial charge in [0, 0.05) is 12.7 Å².